The van der Waals surface area contributed by atoms with E-state index in [1.165, 1.54) is 16.7 Å². The summed E-state index contributed by atoms with van der Waals surface area (Å²) >= 11 is 3.08. The number of pyridine rings is 2. The van der Waals surface area contributed by atoms with Gasteiger partial charge in [-0.25, -0.2) is 14.7 Å². The van der Waals surface area contributed by atoms with Gasteiger partial charge in [0.2, 0.25) is 12.1 Å². The minimum absolute atomic E-state index is 0.192. The molecule has 0 aromatic carbocycles. The lowest BCUT2D eigenvalue weighted by Crippen LogP contribution is -2.49. The Kier molecular flexibility index (Phi) is 5.87. The van der Waals surface area contributed by atoms with Crippen LogP contribution in [0, 0.1) is 0 Å². The predicted octanol–water partition coefficient (Wildman–Crippen LogP) is 2.39. The van der Waals surface area contributed by atoms with Crippen LogP contribution < -0.4 is 9.64 Å². The molecule has 2 aromatic heterocycles. The van der Waals surface area contributed by atoms with Crippen LogP contribution in [-0.4, -0.2) is 89.8 Å². The van der Waals surface area contributed by atoms with Crippen molar-refractivity contribution >= 4 is 52.4 Å². The zero-order chi connectivity index (χ0) is 22.2. The number of likely N-dealkylation sites (N-methyl/N-ethyl adjacent to an activating group) is 1. The third-order valence-electron chi connectivity index (χ3n) is 5.62. The molecular weight excluding hydrogens is 450 g/mol. The molecule has 0 radical (unpaired) electrons. The fourth-order valence-electron chi connectivity index (χ4n) is 3.82. The monoisotopic (exact) mass is 473 g/mol. The Morgan fingerprint density at radius 2 is 1.81 bits per heavy atom. The van der Waals surface area contributed by atoms with E-state index in [0.29, 0.717) is 35.3 Å². The summed E-state index contributed by atoms with van der Waals surface area (Å²) in [6, 6.07) is 7.25. The molecular formula is C21H23N5O4S2. The van der Waals surface area contributed by atoms with Crippen molar-refractivity contribution in [3.8, 4) is 5.88 Å². The van der Waals surface area contributed by atoms with E-state index >= 15 is 0 Å². The van der Waals surface area contributed by atoms with Gasteiger partial charge in [-0.05, 0) is 25.2 Å². The molecule has 11 heteroatoms. The number of carbonyl (C=O) groups excluding carboxylic acids is 2. The highest BCUT2D eigenvalue weighted by molar-refractivity contribution is 8.10. The number of ether oxygens (including phenoxy) is 2. The standard InChI is InChI=1S/C21H23N5O4S2/c1-24-7-9-25(10-8-24)21(28)30-20-17-16(31-11-12-32-17)19(27)26(20)14-5-3-13-4-6-15(29-2)23-18(13)22-14/h3-6,20H,7-12H2,1-2H3. The van der Waals surface area contributed by atoms with Crippen molar-refractivity contribution in [3.05, 3.63) is 34.1 Å². The minimum Gasteiger partial charge on any atom is -0.481 e. The smallest absolute Gasteiger partial charge is 0.412 e. The van der Waals surface area contributed by atoms with Gasteiger partial charge in [-0.3, -0.25) is 4.79 Å². The van der Waals surface area contributed by atoms with Gasteiger partial charge < -0.3 is 19.3 Å². The summed E-state index contributed by atoms with van der Waals surface area (Å²) in [5.74, 6) is 2.35. The Hall–Kier alpha value is -2.50. The van der Waals surface area contributed by atoms with Crippen LogP contribution in [0.2, 0.25) is 0 Å². The maximum absolute atomic E-state index is 13.3. The van der Waals surface area contributed by atoms with Gasteiger partial charge in [-0.1, -0.05) is 0 Å². The molecule has 0 bridgehead atoms. The lowest BCUT2D eigenvalue weighted by atomic mass is 10.3. The summed E-state index contributed by atoms with van der Waals surface area (Å²) in [6.45, 7) is 2.78. The van der Waals surface area contributed by atoms with Gasteiger partial charge in [0, 0.05) is 49.1 Å². The Morgan fingerprint density at radius 3 is 2.59 bits per heavy atom. The molecule has 3 aliphatic rings. The molecule has 168 valence electrons. The van der Waals surface area contributed by atoms with Crippen molar-refractivity contribution in [1.82, 2.24) is 19.8 Å². The molecule has 32 heavy (non-hydrogen) atoms. The van der Waals surface area contributed by atoms with Crippen molar-refractivity contribution in [2.75, 3.05) is 56.7 Å². The number of fused-ring (bicyclic) bond motifs is 1. The number of piperazine rings is 1. The summed E-state index contributed by atoms with van der Waals surface area (Å²) in [5, 5.41) is 0.827. The van der Waals surface area contributed by atoms with E-state index in [9.17, 15) is 9.59 Å². The molecule has 9 nitrogen and oxygen atoms in total. The average Bonchev–Trinajstić information content (AvgIpc) is 3.10. The van der Waals surface area contributed by atoms with E-state index < -0.39 is 12.3 Å². The Labute approximate surface area is 194 Å². The number of carbonyl (C=O) groups is 2. The topological polar surface area (TPSA) is 88.1 Å². The number of nitrogens with zero attached hydrogens (tertiary/aromatic N) is 5. The highest BCUT2D eigenvalue weighted by atomic mass is 32.2. The maximum Gasteiger partial charge on any atom is 0.412 e. The second-order valence-electron chi connectivity index (χ2n) is 7.66. The van der Waals surface area contributed by atoms with Crippen LogP contribution in [0.15, 0.2) is 34.1 Å². The first-order valence-electron chi connectivity index (χ1n) is 10.3. The van der Waals surface area contributed by atoms with E-state index in [0.717, 1.165) is 34.9 Å². The van der Waals surface area contributed by atoms with Crippen molar-refractivity contribution in [2.45, 2.75) is 6.23 Å². The Bertz CT molecular complexity index is 1100. The number of rotatable bonds is 3. The normalized spacial score (nSPS) is 21.8. The molecule has 0 saturated carbocycles. The summed E-state index contributed by atoms with van der Waals surface area (Å²) in [6.07, 6.45) is -1.23. The first-order valence-corrected chi connectivity index (χ1v) is 12.3. The van der Waals surface area contributed by atoms with Gasteiger partial charge in [-0.2, -0.15) is 4.98 Å². The number of hydrogen-bond donors (Lipinski definition) is 0. The third kappa shape index (κ3) is 3.89. The van der Waals surface area contributed by atoms with Crippen LogP contribution in [0.3, 0.4) is 0 Å². The van der Waals surface area contributed by atoms with Gasteiger partial charge in [0.25, 0.3) is 5.91 Å². The van der Waals surface area contributed by atoms with Gasteiger partial charge in [0.05, 0.1) is 16.9 Å². The van der Waals surface area contributed by atoms with Gasteiger partial charge in [0.1, 0.15) is 5.82 Å². The molecule has 0 aliphatic carbocycles. The molecule has 5 rings (SSSR count). The third-order valence-corrected chi connectivity index (χ3v) is 8.23. The lowest BCUT2D eigenvalue weighted by molar-refractivity contribution is -0.115. The molecule has 3 aliphatic heterocycles. The number of hydrogen-bond acceptors (Lipinski definition) is 9. The van der Waals surface area contributed by atoms with E-state index in [2.05, 4.69) is 14.9 Å². The van der Waals surface area contributed by atoms with E-state index in [-0.39, 0.29) is 5.91 Å². The quantitative estimate of drug-likeness (QED) is 0.667. The van der Waals surface area contributed by atoms with Crippen molar-refractivity contribution in [3.63, 3.8) is 0 Å². The second-order valence-corrected chi connectivity index (χ2v) is 9.90. The van der Waals surface area contributed by atoms with Crippen LogP contribution in [0.5, 0.6) is 5.88 Å². The number of anilines is 1. The number of amides is 2. The summed E-state index contributed by atoms with van der Waals surface area (Å²) in [4.78, 5) is 42.1. The van der Waals surface area contributed by atoms with Crippen molar-refractivity contribution in [2.24, 2.45) is 0 Å². The number of thioether (sulfide) groups is 2. The minimum atomic E-state index is -0.821. The molecule has 1 saturated heterocycles. The molecule has 0 N–H and O–H groups in total. The maximum atomic E-state index is 13.3. The van der Waals surface area contributed by atoms with E-state index in [1.54, 1.807) is 35.9 Å². The van der Waals surface area contributed by atoms with Crippen molar-refractivity contribution < 1.29 is 19.1 Å². The van der Waals surface area contributed by atoms with Crippen LogP contribution >= 0.6 is 23.5 Å². The molecule has 1 fully saturated rings. The Morgan fingerprint density at radius 1 is 1.06 bits per heavy atom. The highest BCUT2D eigenvalue weighted by Gasteiger charge is 2.45. The SMILES string of the molecule is COc1ccc2ccc(N3C(=O)C4=C(SCCS4)C3OC(=O)N3CCN(C)CC3)nc2n1. The van der Waals surface area contributed by atoms with Crippen LogP contribution in [0.4, 0.5) is 10.6 Å². The molecule has 1 atom stereocenters. The van der Waals surface area contributed by atoms with Gasteiger partial charge in [-0.15, -0.1) is 23.5 Å². The summed E-state index contributed by atoms with van der Waals surface area (Å²) in [5.41, 5.74) is 0.462. The average molecular weight is 474 g/mol. The zero-order valence-electron chi connectivity index (χ0n) is 17.8. The first-order chi connectivity index (χ1) is 15.5. The van der Waals surface area contributed by atoms with E-state index in [4.69, 9.17) is 9.47 Å². The second kappa shape index (κ2) is 8.80. The predicted molar refractivity (Wildman–Crippen MR) is 125 cm³/mol. The van der Waals surface area contributed by atoms with E-state index in [1.807, 2.05) is 19.2 Å². The van der Waals surface area contributed by atoms with Crippen LogP contribution in [-0.2, 0) is 9.53 Å². The first kappa shape index (κ1) is 21.4. The van der Waals surface area contributed by atoms with Gasteiger partial charge >= 0.3 is 6.09 Å². The number of aromatic nitrogens is 2. The molecule has 2 aromatic rings. The lowest BCUT2D eigenvalue weighted by Gasteiger charge is -2.33. The molecule has 0 spiro atoms. The van der Waals surface area contributed by atoms with Crippen LogP contribution in [0.25, 0.3) is 11.0 Å². The van der Waals surface area contributed by atoms with Crippen molar-refractivity contribution in [1.29, 1.82) is 0 Å². The fraction of sp³-hybridized carbons (Fsp3) is 0.429. The molecule has 1 unspecified atom stereocenters. The highest BCUT2D eigenvalue weighted by Crippen LogP contribution is 2.45. The Balaban J connectivity index is 1.47. The fourth-order valence-corrected chi connectivity index (χ4v) is 6.25. The van der Waals surface area contributed by atoms with Crippen LogP contribution in [0.1, 0.15) is 0 Å². The summed E-state index contributed by atoms with van der Waals surface area (Å²) in [7, 11) is 3.57. The zero-order valence-corrected chi connectivity index (χ0v) is 19.4. The number of methoxy groups -OCH3 is 1. The largest absolute Gasteiger partial charge is 0.481 e. The molecule has 5 heterocycles. The molecule has 2 amide bonds. The summed E-state index contributed by atoms with van der Waals surface area (Å²) < 4.78 is 11.2. The van der Waals surface area contributed by atoms with Gasteiger partial charge in [0.15, 0.2) is 5.65 Å².